The van der Waals surface area contributed by atoms with E-state index in [0.717, 1.165) is 19.5 Å². The molecule has 0 aromatic rings. The van der Waals surface area contributed by atoms with Gasteiger partial charge in [-0.1, -0.05) is 0 Å². The zero-order chi connectivity index (χ0) is 9.42. The smallest absolute Gasteiger partial charge is 0.240 e. The van der Waals surface area contributed by atoms with E-state index in [1.54, 1.807) is 0 Å². The van der Waals surface area contributed by atoms with Crippen LogP contribution >= 0.6 is 0 Å². The van der Waals surface area contributed by atoms with Gasteiger partial charge in [-0.25, -0.2) is 0 Å². The molecule has 1 amide bonds. The van der Waals surface area contributed by atoms with E-state index < -0.39 is 0 Å². The maximum atomic E-state index is 11.8. The summed E-state index contributed by atoms with van der Waals surface area (Å²) in [4.78, 5) is 15.6. The van der Waals surface area contributed by atoms with Crippen LogP contribution < -0.4 is 0 Å². The minimum absolute atomic E-state index is 0.0738. The highest BCUT2D eigenvalue weighted by atomic mass is 16.3. The summed E-state index contributed by atoms with van der Waals surface area (Å²) in [7, 11) is 1.90. The van der Waals surface area contributed by atoms with Gasteiger partial charge in [-0.15, -0.1) is 0 Å². The summed E-state index contributed by atoms with van der Waals surface area (Å²) in [6.07, 6.45) is 1.41. The molecule has 4 heteroatoms. The van der Waals surface area contributed by atoms with Crippen LogP contribution in [0.5, 0.6) is 0 Å². The third-order valence-electron chi connectivity index (χ3n) is 2.98. The molecule has 2 heterocycles. The number of β-amino-alcohol motifs (C(OH)–C–C–N with tert-alkyl or cyclic N) is 1. The Morgan fingerprint density at radius 2 is 2.15 bits per heavy atom. The molecular formula is C9H16N2O2. The lowest BCUT2D eigenvalue weighted by molar-refractivity contribution is -0.139. The van der Waals surface area contributed by atoms with Gasteiger partial charge < -0.3 is 10.0 Å². The van der Waals surface area contributed by atoms with Crippen LogP contribution in [0.25, 0.3) is 0 Å². The van der Waals surface area contributed by atoms with Crippen molar-refractivity contribution < 1.29 is 9.90 Å². The van der Waals surface area contributed by atoms with Gasteiger partial charge in [0.25, 0.3) is 0 Å². The highest BCUT2D eigenvalue weighted by Gasteiger charge is 2.37. The third kappa shape index (κ3) is 1.56. The summed E-state index contributed by atoms with van der Waals surface area (Å²) < 4.78 is 0. The molecule has 2 atom stereocenters. The van der Waals surface area contributed by atoms with Crippen LogP contribution in [-0.2, 0) is 4.79 Å². The fourth-order valence-electron chi connectivity index (χ4n) is 2.01. The Labute approximate surface area is 78.1 Å². The van der Waals surface area contributed by atoms with Crippen molar-refractivity contribution in [1.82, 2.24) is 9.80 Å². The predicted molar refractivity (Wildman–Crippen MR) is 48.2 cm³/mol. The lowest BCUT2D eigenvalue weighted by atomic mass is 10.1. The molecule has 0 bridgehead atoms. The first-order valence-corrected chi connectivity index (χ1v) is 4.85. The largest absolute Gasteiger partial charge is 0.392 e. The minimum Gasteiger partial charge on any atom is -0.392 e. The number of carbonyl (C=O) groups excluding carboxylic acids is 1. The second-order valence-electron chi connectivity index (χ2n) is 4.02. The molecule has 2 fully saturated rings. The second-order valence-corrected chi connectivity index (χ2v) is 4.02. The zero-order valence-electron chi connectivity index (χ0n) is 7.94. The molecule has 13 heavy (non-hydrogen) atoms. The first-order chi connectivity index (χ1) is 6.18. The van der Waals surface area contributed by atoms with Crippen molar-refractivity contribution in [3.05, 3.63) is 0 Å². The number of likely N-dealkylation sites (N-methyl/N-ethyl adjacent to an activating group) is 1. The molecule has 0 saturated carbocycles. The number of likely N-dealkylation sites (tertiary alicyclic amines) is 2. The van der Waals surface area contributed by atoms with Gasteiger partial charge in [0.2, 0.25) is 5.91 Å². The molecule has 0 radical (unpaired) electrons. The highest BCUT2D eigenvalue weighted by molar-refractivity contribution is 5.82. The van der Waals surface area contributed by atoms with Crippen molar-refractivity contribution in [2.45, 2.75) is 25.0 Å². The van der Waals surface area contributed by atoms with Crippen molar-refractivity contribution in [3.63, 3.8) is 0 Å². The first kappa shape index (κ1) is 8.97. The van der Waals surface area contributed by atoms with Gasteiger partial charge in [0.15, 0.2) is 0 Å². The van der Waals surface area contributed by atoms with Crippen LogP contribution in [0.4, 0.5) is 0 Å². The molecular weight excluding hydrogens is 168 g/mol. The van der Waals surface area contributed by atoms with E-state index in [2.05, 4.69) is 0 Å². The molecule has 2 aliphatic heterocycles. The van der Waals surface area contributed by atoms with E-state index in [1.807, 2.05) is 16.8 Å². The number of aliphatic hydroxyl groups is 1. The number of nitrogens with zero attached hydrogens (tertiary/aromatic N) is 2. The van der Waals surface area contributed by atoms with Gasteiger partial charge in [0.1, 0.15) is 0 Å². The zero-order valence-corrected chi connectivity index (χ0v) is 7.94. The van der Waals surface area contributed by atoms with Crippen molar-refractivity contribution >= 4 is 5.91 Å². The van der Waals surface area contributed by atoms with E-state index >= 15 is 0 Å². The average molecular weight is 184 g/mol. The Morgan fingerprint density at radius 3 is 2.54 bits per heavy atom. The summed E-state index contributed by atoms with van der Waals surface area (Å²) in [5.74, 6) is 0.199. The van der Waals surface area contributed by atoms with Gasteiger partial charge in [0.05, 0.1) is 12.1 Å². The van der Waals surface area contributed by atoms with Crippen LogP contribution in [0.15, 0.2) is 0 Å². The molecule has 0 aliphatic carbocycles. The standard InChI is InChI=1S/C9H16N2O2/c1-10-6-7(12)5-8(10)9(13)11-3-2-4-11/h7-8,12H,2-6H2,1H3/t7-,8+/m1/s1. The average Bonchev–Trinajstić information content (AvgIpc) is 2.26. The van der Waals surface area contributed by atoms with Gasteiger partial charge in [-0.3, -0.25) is 9.69 Å². The Kier molecular flexibility index (Phi) is 2.26. The topological polar surface area (TPSA) is 43.8 Å². The van der Waals surface area contributed by atoms with Crippen LogP contribution in [-0.4, -0.2) is 59.6 Å². The normalized spacial score (nSPS) is 34.8. The van der Waals surface area contributed by atoms with Crippen LogP contribution in [0.3, 0.4) is 0 Å². The summed E-state index contributed by atoms with van der Waals surface area (Å²) in [6, 6.07) is -0.0738. The number of hydrogen-bond acceptors (Lipinski definition) is 3. The third-order valence-corrected chi connectivity index (χ3v) is 2.98. The van der Waals surface area contributed by atoms with Crippen molar-refractivity contribution in [2.75, 3.05) is 26.7 Å². The summed E-state index contributed by atoms with van der Waals surface area (Å²) in [5, 5.41) is 9.38. The molecule has 2 aliphatic rings. The predicted octanol–water partition coefficient (Wildman–Crippen LogP) is -0.716. The molecule has 0 aromatic carbocycles. The maximum absolute atomic E-state index is 11.8. The number of rotatable bonds is 1. The van der Waals surface area contributed by atoms with Crippen LogP contribution in [0.2, 0.25) is 0 Å². The Hall–Kier alpha value is -0.610. The van der Waals surface area contributed by atoms with Gasteiger partial charge in [-0.2, -0.15) is 0 Å². The minimum atomic E-state index is -0.319. The first-order valence-electron chi connectivity index (χ1n) is 4.85. The monoisotopic (exact) mass is 184 g/mol. The number of amides is 1. The molecule has 1 N–H and O–H groups in total. The SMILES string of the molecule is CN1C[C@H](O)C[C@H]1C(=O)N1CCC1. The van der Waals surface area contributed by atoms with Crippen molar-refractivity contribution in [3.8, 4) is 0 Å². The number of hydrogen-bond donors (Lipinski definition) is 1. The van der Waals surface area contributed by atoms with Crippen molar-refractivity contribution in [2.24, 2.45) is 0 Å². The Balaban J connectivity index is 1.95. The quantitative estimate of drug-likeness (QED) is 0.585. The molecule has 2 saturated heterocycles. The lowest BCUT2D eigenvalue weighted by Gasteiger charge is -2.34. The molecule has 0 spiro atoms. The number of carbonyl (C=O) groups is 1. The van der Waals surface area contributed by atoms with Gasteiger partial charge in [0, 0.05) is 19.6 Å². The van der Waals surface area contributed by atoms with Crippen molar-refractivity contribution in [1.29, 1.82) is 0 Å². The van der Waals surface area contributed by atoms with Crippen LogP contribution in [0, 0.1) is 0 Å². The Bertz CT molecular complexity index is 216. The second kappa shape index (κ2) is 3.27. The van der Waals surface area contributed by atoms with Crippen LogP contribution in [0.1, 0.15) is 12.8 Å². The van der Waals surface area contributed by atoms with E-state index in [0.29, 0.717) is 13.0 Å². The van der Waals surface area contributed by atoms with Gasteiger partial charge >= 0.3 is 0 Å². The summed E-state index contributed by atoms with van der Waals surface area (Å²) in [5.41, 5.74) is 0. The lowest BCUT2D eigenvalue weighted by Crippen LogP contribution is -2.50. The number of aliphatic hydroxyl groups excluding tert-OH is 1. The summed E-state index contributed by atoms with van der Waals surface area (Å²) in [6.45, 7) is 2.43. The van der Waals surface area contributed by atoms with Gasteiger partial charge in [-0.05, 0) is 19.9 Å². The van der Waals surface area contributed by atoms with E-state index in [-0.39, 0.29) is 18.1 Å². The molecule has 0 aromatic heterocycles. The van der Waals surface area contributed by atoms with E-state index in [1.165, 1.54) is 0 Å². The fourth-order valence-corrected chi connectivity index (χ4v) is 2.01. The molecule has 4 nitrogen and oxygen atoms in total. The fraction of sp³-hybridized carbons (Fsp3) is 0.889. The Morgan fingerprint density at radius 1 is 1.46 bits per heavy atom. The highest BCUT2D eigenvalue weighted by Crippen LogP contribution is 2.20. The van der Waals surface area contributed by atoms with E-state index in [9.17, 15) is 9.90 Å². The van der Waals surface area contributed by atoms with E-state index in [4.69, 9.17) is 0 Å². The molecule has 0 unspecified atom stereocenters. The molecule has 2 rings (SSSR count). The maximum Gasteiger partial charge on any atom is 0.240 e. The summed E-state index contributed by atoms with van der Waals surface area (Å²) >= 11 is 0. The molecule has 74 valence electrons.